The zero-order chi connectivity index (χ0) is 16.1. The van der Waals surface area contributed by atoms with Gasteiger partial charge in [-0.1, -0.05) is 30.3 Å². The van der Waals surface area contributed by atoms with Crippen LogP contribution in [0.3, 0.4) is 0 Å². The maximum absolute atomic E-state index is 12.4. The first kappa shape index (κ1) is 15.3. The van der Waals surface area contributed by atoms with Gasteiger partial charge in [-0.25, -0.2) is 0 Å². The number of morpholine rings is 1. The average molecular weight is 314 g/mol. The van der Waals surface area contributed by atoms with E-state index in [1.165, 1.54) is 0 Å². The zero-order valence-electron chi connectivity index (χ0n) is 12.6. The van der Waals surface area contributed by atoms with Crippen LogP contribution in [0, 0.1) is 0 Å². The van der Waals surface area contributed by atoms with Crippen LogP contribution in [0.1, 0.15) is 11.3 Å². The lowest BCUT2D eigenvalue weighted by molar-refractivity contribution is -0.155. The standard InChI is InChI=1S/C17H18N2O4/c20-16-12-22-11-15(17(21)18-9-14-7-4-8-23-14)19(16)10-13-5-2-1-3-6-13/h1-8,15H,9-12H2,(H,18,21)/t15-/m0/s1. The normalized spacial score (nSPS) is 18.0. The van der Waals surface area contributed by atoms with Crippen molar-refractivity contribution in [3.05, 3.63) is 60.1 Å². The molecule has 0 aliphatic carbocycles. The van der Waals surface area contributed by atoms with Gasteiger partial charge in [0.15, 0.2) is 0 Å². The number of hydrogen-bond acceptors (Lipinski definition) is 4. The molecular formula is C17H18N2O4. The van der Waals surface area contributed by atoms with Crippen LogP contribution < -0.4 is 5.32 Å². The first-order valence-corrected chi connectivity index (χ1v) is 7.45. The number of benzene rings is 1. The maximum atomic E-state index is 12.4. The third-order valence-corrected chi connectivity index (χ3v) is 3.71. The molecule has 2 amide bonds. The molecule has 1 aromatic heterocycles. The molecule has 1 fully saturated rings. The van der Waals surface area contributed by atoms with Crippen molar-refractivity contribution >= 4 is 11.8 Å². The molecule has 0 saturated carbocycles. The molecule has 2 aromatic rings. The van der Waals surface area contributed by atoms with Crippen LogP contribution in [0.5, 0.6) is 0 Å². The molecular weight excluding hydrogens is 296 g/mol. The topological polar surface area (TPSA) is 71.8 Å². The van der Waals surface area contributed by atoms with Crippen molar-refractivity contribution in [1.29, 1.82) is 0 Å². The second-order valence-corrected chi connectivity index (χ2v) is 5.34. The highest BCUT2D eigenvalue weighted by Crippen LogP contribution is 2.14. The lowest BCUT2D eigenvalue weighted by Gasteiger charge is -2.34. The second kappa shape index (κ2) is 7.11. The minimum Gasteiger partial charge on any atom is -0.467 e. The Morgan fingerprint density at radius 1 is 1.22 bits per heavy atom. The Morgan fingerprint density at radius 3 is 2.78 bits per heavy atom. The third kappa shape index (κ3) is 3.78. The van der Waals surface area contributed by atoms with E-state index in [0.29, 0.717) is 12.3 Å². The van der Waals surface area contributed by atoms with E-state index in [2.05, 4.69) is 5.32 Å². The van der Waals surface area contributed by atoms with Crippen molar-refractivity contribution < 1.29 is 18.7 Å². The van der Waals surface area contributed by atoms with Crippen molar-refractivity contribution in [1.82, 2.24) is 10.2 Å². The van der Waals surface area contributed by atoms with Crippen molar-refractivity contribution in [3.63, 3.8) is 0 Å². The van der Waals surface area contributed by atoms with Gasteiger partial charge in [0.25, 0.3) is 0 Å². The van der Waals surface area contributed by atoms with Gasteiger partial charge in [-0.2, -0.15) is 0 Å². The van der Waals surface area contributed by atoms with E-state index in [9.17, 15) is 9.59 Å². The highest BCUT2D eigenvalue weighted by molar-refractivity contribution is 5.89. The fourth-order valence-electron chi connectivity index (χ4n) is 2.51. The molecule has 1 N–H and O–H groups in total. The lowest BCUT2D eigenvalue weighted by Crippen LogP contribution is -2.55. The summed E-state index contributed by atoms with van der Waals surface area (Å²) in [6.45, 7) is 0.884. The van der Waals surface area contributed by atoms with Crippen molar-refractivity contribution in [2.45, 2.75) is 19.1 Å². The first-order valence-electron chi connectivity index (χ1n) is 7.45. The molecule has 1 aliphatic heterocycles. The Hall–Kier alpha value is -2.60. The Labute approximate surface area is 134 Å². The highest BCUT2D eigenvalue weighted by Gasteiger charge is 2.33. The number of nitrogens with one attached hydrogen (secondary N) is 1. The number of hydrogen-bond donors (Lipinski definition) is 1. The van der Waals surface area contributed by atoms with Crippen molar-refractivity contribution in [3.8, 4) is 0 Å². The predicted molar refractivity (Wildman–Crippen MR) is 82.2 cm³/mol. The number of carbonyl (C=O) groups is 2. The molecule has 23 heavy (non-hydrogen) atoms. The van der Waals surface area contributed by atoms with E-state index < -0.39 is 6.04 Å². The van der Waals surface area contributed by atoms with Crippen LogP contribution in [0.2, 0.25) is 0 Å². The summed E-state index contributed by atoms with van der Waals surface area (Å²) in [5.41, 5.74) is 0.978. The molecule has 1 saturated heterocycles. The molecule has 3 rings (SSSR count). The number of nitrogens with zero attached hydrogens (tertiary/aromatic N) is 1. The first-order chi connectivity index (χ1) is 11.2. The van der Waals surface area contributed by atoms with Gasteiger partial charge in [-0.3, -0.25) is 9.59 Å². The predicted octanol–water partition coefficient (Wildman–Crippen LogP) is 1.32. The molecule has 0 radical (unpaired) electrons. The highest BCUT2D eigenvalue weighted by atomic mass is 16.5. The monoisotopic (exact) mass is 314 g/mol. The van der Waals surface area contributed by atoms with Crippen LogP contribution in [0.4, 0.5) is 0 Å². The number of rotatable bonds is 5. The Balaban J connectivity index is 1.67. The summed E-state index contributed by atoms with van der Waals surface area (Å²) in [4.78, 5) is 26.1. The molecule has 0 spiro atoms. The van der Waals surface area contributed by atoms with Gasteiger partial charge in [0.05, 0.1) is 19.4 Å². The molecule has 1 atom stereocenters. The van der Waals surface area contributed by atoms with Crippen molar-refractivity contribution in [2.24, 2.45) is 0 Å². The summed E-state index contributed by atoms with van der Waals surface area (Å²) < 4.78 is 10.4. The average Bonchev–Trinajstić information content (AvgIpc) is 3.09. The third-order valence-electron chi connectivity index (χ3n) is 3.71. The van der Waals surface area contributed by atoms with E-state index in [-0.39, 0.29) is 31.6 Å². The molecule has 2 heterocycles. The van der Waals surface area contributed by atoms with Crippen molar-refractivity contribution in [2.75, 3.05) is 13.2 Å². The number of amides is 2. The van der Waals surface area contributed by atoms with Gasteiger partial charge < -0.3 is 19.4 Å². The summed E-state index contributed by atoms with van der Waals surface area (Å²) in [5.74, 6) is 0.236. The molecule has 0 unspecified atom stereocenters. The van der Waals surface area contributed by atoms with Gasteiger partial charge >= 0.3 is 0 Å². The second-order valence-electron chi connectivity index (χ2n) is 5.34. The van der Waals surface area contributed by atoms with E-state index in [1.807, 2.05) is 30.3 Å². The minimum absolute atomic E-state index is 0.00873. The zero-order valence-corrected chi connectivity index (χ0v) is 12.6. The van der Waals surface area contributed by atoms with Gasteiger partial charge in [0.2, 0.25) is 11.8 Å². The summed E-state index contributed by atoms with van der Waals surface area (Å²) in [5, 5.41) is 2.78. The molecule has 1 aromatic carbocycles. The van der Waals surface area contributed by atoms with E-state index in [4.69, 9.17) is 9.15 Å². The summed E-state index contributed by atoms with van der Waals surface area (Å²) in [7, 11) is 0. The van der Waals surface area contributed by atoms with Gasteiger partial charge in [0, 0.05) is 6.54 Å². The van der Waals surface area contributed by atoms with Crippen LogP contribution >= 0.6 is 0 Å². The molecule has 120 valence electrons. The van der Waals surface area contributed by atoms with E-state index in [1.54, 1.807) is 23.3 Å². The summed E-state index contributed by atoms with van der Waals surface area (Å²) in [6.07, 6.45) is 1.55. The van der Waals surface area contributed by atoms with Crippen LogP contribution in [-0.4, -0.2) is 36.0 Å². The van der Waals surface area contributed by atoms with Crippen LogP contribution in [-0.2, 0) is 27.4 Å². The summed E-state index contributed by atoms with van der Waals surface area (Å²) in [6, 6.07) is 12.5. The van der Waals surface area contributed by atoms with E-state index in [0.717, 1.165) is 5.56 Å². The molecule has 1 aliphatic rings. The van der Waals surface area contributed by atoms with E-state index >= 15 is 0 Å². The molecule has 0 bridgehead atoms. The smallest absolute Gasteiger partial charge is 0.249 e. The Morgan fingerprint density at radius 2 is 2.04 bits per heavy atom. The number of ether oxygens (including phenoxy) is 1. The Kier molecular flexibility index (Phi) is 4.73. The fraction of sp³-hybridized carbons (Fsp3) is 0.294. The van der Waals surface area contributed by atoms with Gasteiger partial charge in [0.1, 0.15) is 18.4 Å². The van der Waals surface area contributed by atoms with Gasteiger partial charge in [-0.05, 0) is 17.7 Å². The summed E-state index contributed by atoms with van der Waals surface area (Å²) >= 11 is 0. The Bertz CT molecular complexity index is 654. The fourth-order valence-corrected chi connectivity index (χ4v) is 2.51. The quantitative estimate of drug-likeness (QED) is 0.903. The number of furan rings is 1. The minimum atomic E-state index is -0.633. The molecule has 6 heteroatoms. The van der Waals surface area contributed by atoms with Crippen LogP contribution in [0.25, 0.3) is 0 Å². The maximum Gasteiger partial charge on any atom is 0.249 e. The van der Waals surface area contributed by atoms with Gasteiger partial charge in [-0.15, -0.1) is 0 Å². The molecule has 6 nitrogen and oxygen atoms in total. The largest absolute Gasteiger partial charge is 0.467 e. The number of carbonyl (C=O) groups excluding carboxylic acids is 2. The van der Waals surface area contributed by atoms with Crippen LogP contribution in [0.15, 0.2) is 53.1 Å². The SMILES string of the molecule is O=C(NCc1ccco1)[C@@H]1COCC(=O)N1Cc1ccccc1. The lowest BCUT2D eigenvalue weighted by atomic mass is 10.1.